The third kappa shape index (κ3) is 3.49. The molecule has 2 N–H and O–H groups in total. The van der Waals surface area contributed by atoms with Crippen LogP contribution in [0, 0.1) is 0 Å². The largest absolute Gasteiger partial charge is 0.497 e. The summed E-state index contributed by atoms with van der Waals surface area (Å²) in [5.74, 6) is 0.812. The van der Waals surface area contributed by atoms with Gasteiger partial charge in [-0.3, -0.25) is 0 Å². The highest BCUT2D eigenvalue weighted by Gasteiger charge is 2.12. The Morgan fingerprint density at radius 1 is 1.16 bits per heavy atom. The van der Waals surface area contributed by atoms with E-state index in [1.54, 1.807) is 7.11 Å². The molecular formula is C15H16BrNO2. The van der Waals surface area contributed by atoms with Crippen molar-refractivity contribution in [2.24, 2.45) is 0 Å². The van der Waals surface area contributed by atoms with Gasteiger partial charge in [0.2, 0.25) is 0 Å². The van der Waals surface area contributed by atoms with Crippen LogP contribution in [0.2, 0.25) is 0 Å². The molecule has 2 aromatic carbocycles. The van der Waals surface area contributed by atoms with Crippen LogP contribution >= 0.6 is 15.9 Å². The molecule has 0 spiro atoms. The summed E-state index contributed by atoms with van der Waals surface area (Å²) in [7, 11) is 1.64. The van der Waals surface area contributed by atoms with Gasteiger partial charge in [-0.05, 0) is 35.9 Å². The van der Waals surface area contributed by atoms with Crippen molar-refractivity contribution < 1.29 is 9.84 Å². The van der Waals surface area contributed by atoms with E-state index in [2.05, 4.69) is 21.2 Å². The Balaban J connectivity index is 2.17. The number of methoxy groups -OCH3 is 1. The first-order valence-corrected chi connectivity index (χ1v) is 6.79. The van der Waals surface area contributed by atoms with Gasteiger partial charge < -0.3 is 15.2 Å². The number of anilines is 1. The van der Waals surface area contributed by atoms with E-state index in [1.807, 2.05) is 48.5 Å². The predicted molar refractivity (Wildman–Crippen MR) is 80.6 cm³/mol. The third-order valence-corrected chi connectivity index (χ3v) is 3.62. The molecule has 0 fully saturated rings. The lowest BCUT2D eigenvalue weighted by Gasteiger charge is -2.19. The van der Waals surface area contributed by atoms with Gasteiger partial charge in [0.05, 0.1) is 19.8 Å². The summed E-state index contributed by atoms with van der Waals surface area (Å²) < 4.78 is 6.10. The van der Waals surface area contributed by atoms with Crippen LogP contribution in [-0.2, 0) is 0 Å². The van der Waals surface area contributed by atoms with Crippen LogP contribution in [0.15, 0.2) is 53.0 Å². The van der Waals surface area contributed by atoms with Crippen molar-refractivity contribution in [3.63, 3.8) is 0 Å². The standard InChI is InChI=1S/C15H16BrNO2/c1-19-12-8-6-11(7-9-12)17-15(10-18)13-4-2-3-5-14(13)16/h2-9,15,17-18H,10H2,1H3. The van der Waals surface area contributed by atoms with E-state index in [0.29, 0.717) is 0 Å². The highest BCUT2D eigenvalue weighted by atomic mass is 79.9. The minimum absolute atomic E-state index is 0.0225. The number of ether oxygens (including phenoxy) is 1. The van der Waals surface area contributed by atoms with Crippen molar-refractivity contribution in [2.45, 2.75) is 6.04 Å². The minimum Gasteiger partial charge on any atom is -0.497 e. The molecule has 0 bridgehead atoms. The van der Waals surface area contributed by atoms with Gasteiger partial charge in [-0.15, -0.1) is 0 Å². The second kappa shape index (κ2) is 6.59. The lowest BCUT2D eigenvalue weighted by atomic mass is 10.1. The molecule has 19 heavy (non-hydrogen) atoms. The molecule has 0 saturated heterocycles. The predicted octanol–water partition coefficient (Wildman–Crippen LogP) is 3.60. The van der Waals surface area contributed by atoms with Crippen LogP contribution in [0.1, 0.15) is 11.6 Å². The molecule has 0 amide bonds. The quantitative estimate of drug-likeness (QED) is 0.884. The number of aliphatic hydroxyl groups excluding tert-OH is 1. The van der Waals surface area contributed by atoms with E-state index in [9.17, 15) is 5.11 Å². The fraction of sp³-hybridized carbons (Fsp3) is 0.200. The first-order chi connectivity index (χ1) is 9.24. The molecule has 100 valence electrons. The Hall–Kier alpha value is -1.52. The normalized spacial score (nSPS) is 11.9. The molecule has 0 radical (unpaired) electrons. The first-order valence-electron chi connectivity index (χ1n) is 6.00. The zero-order valence-corrected chi connectivity index (χ0v) is 12.2. The number of hydrogen-bond acceptors (Lipinski definition) is 3. The monoisotopic (exact) mass is 321 g/mol. The third-order valence-electron chi connectivity index (χ3n) is 2.89. The second-order valence-corrected chi connectivity index (χ2v) is 4.98. The van der Waals surface area contributed by atoms with Gasteiger partial charge in [-0.2, -0.15) is 0 Å². The second-order valence-electron chi connectivity index (χ2n) is 4.13. The zero-order chi connectivity index (χ0) is 13.7. The Morgan fingerprint density at radius 2 is 1.84 bits per heavy atom. The number of halogens is 1. The molecule has 0 aliphatic heterocycles. The van der Waals surface area contributed by atoms with Crippen LogP contribution in [0.4, 0.5) is 5.69 Å². The van der Waals surface area contributed by atoms with Gasteiger partial charge in [0.15, 0.2) is 0 Å². The molecule has 1 atom stereocenters. The van der Waals surface area contributed by atoms with E-state index >= 15 is 0 Å². The molecule has 0 aliphatic carbocycles. The summed E-state index contributed by atoms with van der Waals surface area (Å²) in [5.41, 5.74) is 1.97. The van der Waals surface area contributed by atoms with Crippen LogP contribution in [0.25, 0.3) is 0 Å². The summed E-state index contributed by atoms with van der Waals surface area (Å²) in [6, 6.07) is 15.3. The average molecular weight is 322 g/mol. The molecule has 1 unspecified atom stereocenters. The number of rotatable bonds is 5. The molecule has 2 rings (SSSR count). The highest BCUT2D eigenvalue weighted by molar-refractivity contribution is 9.10. The van der Waals surface area contributed by atoms with Gasteiger partial charge >= 0.3 is 0 Å². The Kier molecular flexibility index (Phi) is 4.82. The van der Waals surface area contributed by atoms with Crippen molar-refractivity contribution in [1.29, 1.82) is 0 Å². The van der Waals surface area contributed by atoms with Crippen LogP contribution in [-0.4, -0.2) is 18.8 Å². The van der Waals surface area contributed by atoms with Crippen molar-refractivity contribution in [3.05, 3.63) is 58.6 Å². The highest BCUT2D eigenvalue weighted by Crippen LogP contribution is 2.26. The van der Waals surface area contributed by atoms with Gasteiger partial charge in [0, 0.05) is 10.2 Å². The van der Waals surface area contributed by atoms with E-state index in [0.717, 1.165) is 21.5 Å². The molecule has 0 heterocycles. The average Bonchev–Trinajstić information content (AvgIpc) is 2.46. The Morgan fingerprint density at radius 3 is 2.42 bits per heavy atom. The molecule has 2 aromatic rings. The van der Waals surface area contributed by atoms with E-state index in [4.69, 9.17) is 4.74 Å². The number of nitrogens with one attached hydrogen (secondary N) is 1. The molecule has 0 aliphatic rings. The smallest absolute Gasteiger partial charge is 0.119 e. The van der Waals surface area contributed by atoms with E-state index in [1.165, 1.54) is 0 Å². The summed E-state index contributed by atoms with van der Waals surface area (Å²) in [6.07, 6.45) is 0. The van der Waals surface area contributed by atoms with Crippen molar-refractivity contribution in [1.82, 2.24) is 0 Å². The maximum atomic E-state index is 9.56. The fourth-order valence-electron chi connectivity index (χ4n) is 1.87. The lowest BCUT2D eigenvalue weighted by molar-refractivity contribution is 0.276. The van der Waals surface area contributed by atoms with Crippen molar-refractivity contribution >= 4 is 21.6 Å². The number of aliphatic hydroxyl groups is 1. The maximum absolute atomic E-state index is 9.56. The summed E-state index contributed by atoms with van der Waals surface area (Å²) in [5, 5.41) is 12.9. The van der Waals surface area contributed by atoms with Gasteiger partial charge in [-0.25, -0.2) is 0 Å². The molecule has 4 heteroatoms. The van der Waals surface area contributed by atoms with Gasteiger partial charge in [-0.1, -0.05) is 34.1 Å². The topological polar surface area (TPSA) is 41.5 Å². The van der Waals surface area contributed by atoms with Gasteiger partial charge in [0.1, 0.15) is 5.75 Å². The van der Waals surface area contributed by atoms with Crippen LogP contribution in [0.3, 0.4) is 0 Å². The number of hydrogen-bond donors (Lipinski definition) is 2. The molecular weight excluding hydrogens is 306 g/mol. The van der Waals surface area contributed by atoms with Crippen LogP contribution in [0.5, 0.6) is 5.75 Å². The Labute approximate surface area is 121 Å². The summed E-state index contributed by atoms with van der Waals surface area (Å²) >= 11 is 3.50. The first kappa shape index (κ1) is 13.9. The number of benzene rings is 2. The molecule has 3 nitrogen and oxygen atoms in total. The lowest BCUT2D eigenvalue weighted by Crippen LogP contribution is -2.15. The fourth-order valence-corrected chi connectivity index (χ4v) is 2.43. The van der Waals surface area contributed by atoms with Crippen molar-refractivity contribution in [2.75, 3.05) is 19.0 Å². The molecule has 0 saturated carbocycles. The maximum Gasteiger partial charge on any atom is 0.119 e. The minimum atomic E-state index is -0.149. The van der Waals surface area contributed by atoms with Crippen LogP contribution < -0.4 is 10.1 Å². The molecule has 0 aromatic heterocycles. The van der Waals surface area contributed by atoms with E-state index < -0.39 is 0 Å². The SMILES string of the molecule is COc1ccc(NC(CO)c2ccccc2Br)cc1. The van der Waals surface area contributed by atoms with Crippen molar-refractivity contribution in [3.8, 4) is 5.75 Å². The zero-order valence-electron chi connectivity index (χ0n) is 10.6. The van der Waals surface area contributed by atoms with E-state index in [-0.39, 0.29) is 12.6 Å². The summed E-state index contributed by atoms with van der Waals surface area (Å²) in [6.45, 7) is 0.0225. The summed E-state index contributed by atoms with van der Waals surface area (Å²) in [4.78, 5) is 0. The van der Waals surface area contributed by atoms with Gasteiger partial charge in [0.25, 0.3) is 0 Å². The Bertz CT molecular complexity index is 528.